The number of amides is 1. The van der Waals surface area contributed by atoms with Crippen LogP contribution in [0.3, 0.4) is 0 Å². The molecule has 5 heteroatoms. The number of methoxy groups -OCH3 is 1. The standard InChI is InChI=1S/C15H24N2O3/c1-4-5-6-9-17-15(18)11(2)20-13-8-7-12(16)10-14(13)19-3/h7-8,10-11H,4-6,9,16H2,1-3H3,(H,17,18). The van der Waals surface area contributed by atoms with Crippen molar-refractivity contribution < 1.29 is 14.3 Å². The number of hydrogen-bond acceptors (Lipinski definition) is 4. The van der Waals surface area contributed by atoms with Gasteiger partial charge in [0, 0.05) is 18.3 Å². The molecular formula is C15H24N2O3. The van der Waals surface area contributed by atoms with Gasteiger partial charge in [-0.2, -0.15) is 0 Å². The fourth-order valence-electron chi connectivity index (χ4n) is 1.76. The van der Waals surface area contributed by atoms with Crippen LogP contribution in [0, 0.1) is 0 Å². The highest BCUT2D eigenvalue weighted by Gasteiger charge is 2.16. The van der Waals surface area contributed by atoms with Crippen LogP contribution in [0.1, 0.15) is 33.1 Å². The monoisotopic (exact) mass is 280 g/mol. The van der Waals surface area contributed by atoms with Crippen LogP contribution in [0.5, 0.6) is 11.5 Å². The zero-order valence-corrected chi connectivity index (χ0v) is 12.4. The predicted molar refractivity (Wildman–Crippen MR) is 80.0 cm³/mol. The summed E-state index contributed by atoms with van der Waals surface area (Å²) < 4.78 is 10.8. The van der Waals surface area contributed by atoms with E-state index in [0.717, 1.165) is 19.3 Å². The Labute approximate surface area is 120 Å². The van der Waals surface area contributed by atoms with Crippen molar-refractivity contribution in [3.63, 3.8) is 0 Å². The van der Waals surface area contributed by atoms with Gasteiger partial charge in [0.1, 0.15) is 0 Å². The first kappa shape index (κ1) is 16.1. The molecule has 1 rings (SSSR count). The van der Waals surface area contributed by atoms with Crippen molar-refractivity contribution in [1.29, 1.82) is 0 Å². The molecule has 0 fully saturated rings. The largest absolute Gasteiger partial charge is 0.493 e. The Morgan fingerprint density at radius 1 is 1.35 bits per heavy atom. The molecule has 0 aliphatic heterocycles. The van der Waals surface area contributed by atoms with Crippen LogP contribution in [-0.4, -0.2) is 25.7 Å². The highest BCUT2D eigenvalue weighted by atomic mass is 16.5. The van der Waals surface area contributed by atoms with Crippen LogP contribution in [0.2, 0.25) is 0 Å². The molecule has 1 amide bonds. The van der Waals surface area contributed by atoms with Crippen LogP contribution in [0.15, 0.2) is 18.2 Å². The van der Waals surface area contributed by atoms with E-state index in [0.29, 0.717) is 23.7 Å². The molecule has 3 N–H and O–H groups in total. The second-order valence-corrected chi connectivity index (χ2v) is 4.67. The first-order chi connectivity index (χ1) is 9.58. The lowest BCUT2D eigenvalue weighted by Crippen LogP contribution is -2.36. The number of nitrogen functional groups attached to an aromatic ring is 1. The smallest absolute Gasteiger partial charge is 0.260 e. The number of carbonyl (C=O) groups excluding carboxylic acids is 1. The van der Waals surface area contributed by atoms with Crippen molar-refractivity contribution >= 4 is 11.6 Å². The first-order valence-corrected chi connectivity index (χ1v) is 6.96. The molecule has 0 aliphatic rings. The molecule has 1 aromatic carbocycles. The molecule has 0 aromatic heterocycles. The molecule has 20 heavy (non-hydrogen) atoms. The second kappa shape index (κ2) is 8.30. The maximum Gasteiger partial charge on any atom is 0.260 e. The zero-order valence-electron chi connectivity index (χ0n) is 12.4. The molecule has 0 saturated carbocycles. The van der Waals surface area contributed by atoms with Crippen molar-refractivity contribution in [2.75, 3.05) is 19.4 Å². The fraction of sp³-hybridized carbons (Fsp3) is 0.533. The van der Waals surface area contributed by atoms with E-state index in [1.807, 2.05) is 0 Å². The normalized spacial score (nSPS) is 11.8. The van der Waals surface area contributed by atoms with Gasteiger partial charge >= 0.3 is 0 Å². The average Bonchev–Trinajstić information content (AvgIpc) is 2.45. The Bertz CT molecular complexity index is 435. The van der Waals surface area contributed by atoms with E-state index in [1.165, 1.54) is 7.11 Å². The molecule has 0 bridgehead atoms. The van der Waals surface area contributed by atoms with Crippen LogP contribution in [0.4, 0.5) is 5.69 Å². The van der Waals surface area contributed by atoms with E-state index in [9.17, 15) is 4.79 Å². The van der Waals surface area contributed by atoms with Crippen molar-refractivity contribution in [1.82, 2.24) is 5.32 Å². The Balaban J connectivity index is 2.52. The number of unbranched alkanes of at least 4 members (excludes halogenated alkanes) is 2. The van der Waals surface area contributed by atoms with Crippen molar-refractivity contribution in [3.05, 3.63) is 18.2 Å². The van der Waals surface area contributed by atoms with Gasteiger partial charge in [-0.25, -0.2) is 0 Å². The van der Waals surface area contributed by atoms with Gasteiger partial charge in [-0.3, -0.25) is 4.79 Å². The summed E-state index contributed by atoms with van der Waals surface area (Å²) >= 11 is 0. The number of nitrogens with two attached hydrogens (primary N) is 1. The summed E-state index contributed by atoms with van der Waals surface area (Å²) in [5.41, 5.74) is 6.26. The quantitative estimate of drug-likeness (QED) is 0.566. The lowest BCUT2D eigenvalue weighted by molar-refractivity contribution is -0.127. The number of anilines is 1. The third-order valence-corrected chi connectivity index (χ3v) is 2.94. The topological polar surface area (TPSA) is 73.6 Å². The molecule has 1 atom stereocenters. The van der Waals surface area contributed by atoms with Gasteiger partial charge in [-0.05, 0) is 25.5 Å². The van der Waals surface area contributed by atoms with Crippen LogP contribution < -0.4 is 20.5 Å². The van der Waals surface area contributed by atoms with Crippen molar-refractivity contribution in [2.45, 2.75) is 39.2 Å². The molecule has 1 unspecified atom stereocenters. The average molecular weight is 280 g/mol. The minimum Gasteiger partial charge on any atom is -0.493 e. The summed E-state index contributed by atoms with van der Waals surface area (Å²) in [6, 6.07) is 5.08. The number of benzene rings is 1. The minimum absolute atomic E-state index is 0.125. The molecule has 0 spiro atoms. The van der Waals surface area contributed by atoms with E-state index >= 15 is 0 Å². The molecule has 5 nitrogen and oxygen atoms in total. The van der Waals surface area contributed by atoms with E-state index in [4.69, 9.17) is 15.2 Å². The van der Waals surface area contributed by atoms with Gasteiger partial charge in [0.2, 0.25) is 0 Å². The molecule has 1 aromatic rings. The predicted octanol–water partition coefficient (Wildman–Crippen LogP) is 2.35. The van der Waals surface area contributed by atoms with E-state index in [1.54, 1.807) is 25.1 Å². The van der Waals surface area contributed by atoms with Gasteiger partial charge in [0.05, 0.1) is 7.11 Å². The Hall–Kier alpha value is -1.91. The SMILES string of the molecule is CCCCCNC(=O)C(C)Oc1ccc(N)cc1OC. The molecule has 0 radical (unpaired) electrons. The van der Waals surface area contributed by atoms with Gasteiger partial charge < -0.3 is 20.5 Å². The summed E-state index contributed by atoms with van der Waals surface area (Å²) in [6.07, 6.45) is 2.65. The summed E-state index contributed by atoms with van der Waals surface area (Å²) in [5, 5.41) is 2.86. The number of ether oxygens (including phenoxy) is 2. The minimum atomic E-state index is -0.575. The fourth-order valence-corrected chi connectivity index (χ4v) is 1.76. The highest BCUT2D eigenvalue weighted by molar-refractivity contribution is 5.80. The third-order valence-electron chi connectivity index (χ3n) is 2.94. The maximum absolute atomic E-state index is 11.9. The van der Waals surface area contributed by atoms with Crippen molar-refractivity contribution in [2.24, 2.45) is 0 Å². The van der Waals surface area contributed by atoms with E-state index in [2.05, 4.69) is 12.2 Å². The van der Waals surface area contributed by atoms with Gasteiger partial charge in [-0.1, -0.05) is 19.8 Å². The number of rotatable bonds is 8. The van der Waals surface area contributed by atoms with Gasteiger partial charge in [0.25, 0.3) is 5.91 Å². The van der Waals surface area contributed by atoms with E-state index in [-0.39, 0.29) is 5.91 Å². The second-order valence-electron chi connectivity index (χ2n) is 4.67. The Morgan fingerprint density at radius 3 is 2.75 bits per heavy atom. The Kier molecular flexibility index (Phi) is 6.70. The molecule has 0 aliphatic carbocycles. The molecule has 0 saturated heterocycles. The molecular weight excluding hydrogens is 256 g/mol. The first-order valence-electron chi connectivity index (χ1n) is 6.96. The lowest BCUT2D eigenvalue weighted by atomic mass is 10.2. The van der Waals surface area contributed by atoms with Crippen LogP contribution >= 0.6 is 0 Å². The summed E-state index contributed by atoms with van der Waals surface area (Å²) in [4.78, 5) is 11.9. The summed E-state index contributed by atoms with van der Waals surface area (Å²) in [7, 11) is 1.54. The number of hydrogen-bond donors (Lipinski definition) is 2. The summed E-state index contributed by atoms with van der Waals surface area (Å²) in [6.45, 7) is 4.52. The van der Waals surface area contributed by atoms with Gasteiger partial charge in [-0.15, -0.1) is 0 Å². The van der Waals surface area contributed by atoms with Crippen LogP contribution in [0.25, 0.3) is 0 Å². The lowest BCUT2D eigenvalue weighted by Gasteiger charge is -2.17. The third kappa shape index (κ3) is 4.99. The Morgan fingerprint density at radius 2 is 2.10 bits per heavy atom. The number of carbonyl (C=O) groups is 1. The highest BCUT2D eigenvalue weighted by Crippen LogP contribution is 2.29. The molecule has 0 heterocycles. The zero-order chi connectivity index (χ0) is 15.0. The van der Waals surface area contributed by atoms with E-state index < -0.39 is 6.10 Å². The van der Waals surface area contributed by atoms with Crippen molar-refractivity contribution in [3.8, 4) is 11.5 Å². The van der Waals surface area contributed by atoms with Crippen LogP contribution in [-0.2, 0) is 4.79 Å². The number of nitrogens with one attached hydrogen (secondary N) is 1. The maximum atomic E-state index is 11.9. The van der Waals surface area contributed by atoms with Gasteiger partial charge in [0.15, 0.2) is 17.6 Å². The summed E-state index contributed by atoms with van der Waals surface area (Å²) in [5.74, 6) is 0.911. The molecule has 112 valence electrons.